The maximum atomic E-state index is 12.4. The fourth-order valence-electron chi connectivity index (χ4n) is 4.27. The number of carbonyl (C=O) groups excluding carboxylic acids is 1. The van der Waals surface area contributed by atoms with E-state index in [4.69, 9.17) is 4.74 Å². The predicted octanol–water partition coefficient (Wildman–Crippen LogP) is 0.689. The molecular formula is C20H23N3O4. The Morgan fingerprint density at radius 2 is 2.04 bits per heavy atom. The highest BCUT2D eigenvalue weighted by atomic mass is 16.5. The van der Waals surface area contributed by atoms with Crippen molar-refractivity contribution in [3.05, 3.63) is 69.0 Å². The van der Waals surface area contributed by atoms with E-state index in [-0.39, 0.29) is 36.9 Å². The molecule has 0 radical (unpaired) electrons. The summed E-state index contributed by atoms with van der Waals surface area (Å²) in [4.78, 5) is 37.4. The normalized spacial score (nSPS) is 26.2. The predicted molar refractivity (Wildman–Crippen MR) is 99.4 cm³/mol. The van der Waals surface area contributed by atoms with Gasteiger partial charge in [0.2, 0.25) is 5.91 Å². The van der Waals surface area contributed by atoms with Crippen LogP contribution in [0.1, 0.15) is 18.4 Å². The van der Waals surface area contributed by atoms with Crippen molar-refractivity contribution in [3.8, 4) is 0 Å². The van der Waals surface area contributed by atoms with Crippen molar-refractivity contribution in [2.75, 3.05) is 6.61 Å². The Morgan fingerprint density at radius 1 is 1.22 bits per heavy atom. The zero-order valence-electron chi connectivity index (χ0n) is 15.0. The number of hydrogen-bond donors (Lipinski definition) is 2. The first-order valence-corrected chi connectivity index (χ1v) is 9.36. The number of nitrogens with zero attached hydrogens (tertiary/aromatic N) is 1. The Balaban J connectivity index is 1.37. The van der Waals surface area contributed by atoms with Crippen LogP contribution in [0.15, 0.2) is 52.2 Å². The summed E-state index contributed by atoms with van der Waals surface area (Å²) in [6.45, 7) is 0.988. The number of hydrogen-bond acceptors (Lipinski definition) is 4. The number of aryl methyl sites for hydroxylation is 1. The Kier molecular flexibility index (Phi) is 4.94. The first-order valence-electron chi connectivity index (χ1n) is 9.36. The highest BCUT2D eigenvalue weighted by molar-refractivity contribution is 5.76. The van der Waals surface area contributed by atoms with E-state index in [1.54, 1.807) is 0 Å². The number of nitrogens with one attached hydrogen (secondary N) is 2. The Bertz CT molecular complexity index is 921. The smallest absolute Gasteiger partial charge is 0.328 e. The second-order valence-electron chi connectivity index (χ2n) is 7.29. The van der Waals surface area contributed by atoms with Crippen molar-refractivity contribution < 1.29 is 9.53 Å². The zero-order chi connectivity index (χ0) is 18.8. The van der Waals surface area contributed by atoms with E-state index in [0.29, 0.717) is 5.92 Å². The van der Waals surface area contributed by atoms with Crippen LogP contribution in [0, 0.1) is 11.8 Å². The molecule has 1 amide bonds. The van der Waals surface area contributed by atoms with Crippen molar-refractivity contribution in [1.29, 1.82) is 0 Å². The molecular weight excluding hydrogens is 346 g/mol. The van der Waals surface area contributed by atoms with Gasteiger partial charge in [-0.15, -0.1) is 0 Å². The number of aromatic nitrogens is 2. The number of fused-ring (bicyclic) bond motifs is 1. The third-order valence-electron chi connectivity index (χ3n) is 5.65. The first-order chi connectivity index (χ1) is 13.1. The molecule has 0 bridgehead atoms. The average Bonchev–Trinajstić information content (AvgIpc) is 3.09. The molecule has 2 fully saturated rings. The summed E-state index contributed by atoms with van der Waals surface area (Å²) in [6, 6.07) is 11.6. The molecule has 2 N–H and O–H groups in total. The molecule has 2 heterocycles. The maximum Gasteiger partial charge on any atom is 0.328 e. The molecule has 4 atom stereocenters. The Morgan fingerprint density at radius 3 is 2.81 bits per heavy atom. The van der Waals surface area contributed by atoms with Crippen LogP contribution in [0.5, 0.6) is 0 Å². The van der Waals surface area contributed by atoms with E-state index in [1.807, 2.05) is 18.2 Å². The van der Waals surface area contributed by atoms with Gasteiger partial charge in [-0.2, -0.15) is 0 Å². The monoisotopic (exact) mass is 369 g/mol. The lowest BCUT2D eigenvalue weighted by Gasteiger charge is -2.48. The zero-order valence-corrected chi connectivity index (χ0v) is 15.0. The Hall–Kier alpha value is -2.67. The minimum atomic E-state index is -0.495. The van der Waals surface area contributed by atoms with Crippen LogP contribution in [-0.4, -0.2) is 34.2 Å². The summed E-state index contributed by atoms with van der Waals surface area (Å²) in [6.07, 6.45) is 3.68. The number of benzene rings is 1. The molecule has 1 saturated carbocycles. The molecule has 1 saturated heterocycles. The van der Waals surface area contributed by atoms with Gasteiger partial charge in [0.25, 0.3) is 5.56 Å². The molecule has 7 heteroatoms. The van der Waals surface area contributed by atoms with Crippen LogP contribution < -0.4 is 16.6 Å². The largest absolute Gasteiger partial charge is 0.377 e. The first kappa shape index (κ1) is 17.7. The van der Waals surface area contributed by atoms with Gasteiger partial charge in [-0.1, -0.05) is 30.3 Å². The number of H-pyrrole nitrogens is 1. The van der Waals surface area contributed by atoms with E-state index in [9.17, 15) is 14.4 Å². The van der Waals surface area contributed by atoms with Gasteiger partial charge in [0.15, 0.2) is 0 Å². The van der Waals surface area contributed by atoms with E-state index < -0.39 is 11.2 Å². The molecule has 1 aliphatic carbocycles. The molecule has 1 aliphatic heterocycles. The lowest BCUT2D eigenvalue weighted by atomic mass is 9.64. The van der Waals surface area contributed by atoms with Crippen molar-refractivity contribution in [3.63, 3.8) is 0 Å². The third kappa shape index (κ3) is 3.73. The standard InChI is InChI=1S/C20H23N3O4/c24-16(6-9-23-10-7-17(25)22-20(23)26)21-18-14-8-11-27-19(14)15(18)12-13-4-2-1-3-5-13/h1-5,7,10,14-15,18-19H,6,8-9,11-12H2,(H,21,24)(H,22,25,26)/t14-,15+,18-,19-/m0/s1. The molecule has 2 aromatic rings. The second kappa shape index (κ2) is 7.52. The molecule has 1 aromatic heterocycles. The second-order valence-corrected chi connectivity index (χ2v) is 7.29. The average molecular weight is 369 g/mol. The molecule has 4 rings (SSSR count). The van der Waals surface area contributed by atoms with E-state index in [0.717, 1.165) is 19.4 Å². The van der Waals surface area contributed by atoms with Gasteiger partial charge in [-0.3, -0.25) is 14.6 Å². The fraction of sp³-hybridized carbons (Fsp3) is 0.450. The number of aromatic amines is 1. The minimum Gasteiger partial charge on any atom is -0.377 e. The third-order valence-corrected chi connectivity index (χ3v) is 5.65. The van der Waals surface area contributed by atoms with Crippen LogP contribution in [0.2, 0.25) is 0 Å². The van der Waals surface area contributed by atoms with Crippen LogP contribution in [0.3, 0.4) is 0 Å². The van der Waals surface area contributed by atoms with Gasteiger partial charge in [-0.05, 0) is 18.4 Å². The van der Waals surface area contributed by atoms with Gasteiger partial charge in [0.05, 0.1) is 6.10 Å². The fourth-order valence-corrected chi connectivity index (χ4v) is 4.27. The van der Waals surface area contributed by atoms with Crippen LogP contribution in [-0.2, 0) is 22.5 Å². The quantitative estimate of drug-likeness (QED) is 0.783. The summed E-state index contributed by atoms with van der Waals surface area (Å²) in [5, 5.41) is 3.15. The lowest BCUT2D eigenvalue weighted by Crippen LogP contribution is -2.62. The summed E-state index contributed by atoms with van der Waals surface area (Å²) in [5.74, 6) is 0.569. The summed E-state index contributed by atoms with van der Waals surface area (Å²) in [5.41, 5.74) is 0.312. The van der Waals surface area contributed by atoms with Gasteiger partial charge in [-0.25, -0.2) is 4.79 Å². The van der Waals surface area contributed by atoms with Gasteiger partial charge in [0, 0.05) is 49.7 Å². The molecule has 0 spiro atoms. The van der Waals surface area contributed by atoms with Crippen LogP contribution in [0.4, 0.5) is 0 Å². The topological polar surface area (TPSA) is 93.2 Å². The summed E-state index contributed by atoms with van der Waals surface area (Å²) >= 11 is 0. The van der Waals surface area contributed by atoms with Crippen molar-refractivity contribution in [1.82, 2.24) is 14.9 Å². The van der Waals surface area contributed by atoms with Gasteiger partial charge < -0.3 is 14.6 Å². The van der Waals surface area contributed by atoms with Crippen LogP contribution in [0.25, 0.3) is 0 Å². The van der Waals surface area contributed by atoms with E-state index >= 15 is 0 Å². The molecule has 1 aromatic carbocycles. The highest BCUT2D eigenvalue weighted by Crippen LogP contribution is 2.45. The summed E-state index contributed by atoms with van der Waals surface area (Å²) < 4.78 is 7.21. The van der Waals surface area contributed by atoms with Crippen molar-refractivity contribution in [2.45, 2.75) is 38.0 Å². The van der Waals surface area contributed by atoms with Crippen molar-refractivity contribution >= 4 is 5.91 Å². The SMILES string of the molecule is O=C(CCn1ccc(=O)[nH]c1=O)N[C@@H]1[C@@H](Cc2ccccc2)[C@H]2OCC[C@@H]12. The molecule has 7 nitrogen and oxygen atoms in total. The van der Waals surface area contributed by atoms with E-state index in [2.05, 4.69) is 22.4 Å². The lowest BCUT2D eigenvalue weighted by molar-refractivity contribution is -0.127. The van der Waals surface area contributed by atoms with Gasteiger partial charge in [0.1, 0.15) is 0 Å². The van der Waals surface area contributed by atoms with E-state index in [1.165, 1.54) is 22.4 Å². The number of carbonyl (C=O) groups is 1. The number of rotatable bonds is 6. The molecule has 2 aliphatic rings. The minimum absolute atomic E-state index is 0.0819. The maximum absolute atomic E-state index is 12.4. The summed E-state index contributed by atoms with van der Waals surface area (Å²) in [7, 11) is 0. The number of amides is 1. The molecule has 142 valence electrons. The van der Waals surface area contributed by atoms with Crippen molar-refractivity contribution in [2.24, 2.45) is 11.8 Å². The van der Waals surface area contributed by atoms with Gasteiger partial charge >= 0.3 is 5.69 Å². The molecule has 27 heavy (non-hydrogen) atoms. The Labute approximate surface area is 156 Å². The highest BCUT2D eigenvalue weighted by Gasteiger charge is 2.53. The van der Waals surface area contributed by atoms with Crippen LogP contribution >= 0.6 is 0 Å². The number of ether oxygens (including phenoxy) is 1. The molecule has 0 unspecified atom stereocenters.